The molecule has 0 bridgehead atoms. The molecule has 1 fully saturated rings. The van der Waals surface area contributed by atoms with Crippen LogP contribution in [0.25, 0.3) is 0 Å². The number of hydrogen-bond donors (Lipinski definition) is 1. The number of nitrogens with zero attached hydrogens (tertiary/aromatic N) is 1. The third-order valence-electron chi connectivity index (χ3n) is 3.00. The number of piperidine rings is 1. The summed E-state index contributed by atoms with van der Waals surface area (Å²) >= 11 is 0. The van der Waals surface area contributed by atoms with Gasteiger partial charge in [-0.3, -0.25) is 4.98 Å². The summed E-state index contributed by atoms with van der Waals surface area (Å²) in [5.74, 6) is 0.678. The Kier molecular flexibility index (Phi) is 6.96. The number of halogens is 2. The molecule has 2 nitrogen and oxygen atoms in total. The van der Waals surface area contributed by atoms with Gasteiger partial charge in [-0.05, 0) is 50.8 Å². The standard InChI is InChI=1S/C12H18N2.2ClH/c1-9-5-6-12(10(2)14-9)11-4-3-7-13-8-11;;/h5-6,11,13H,3-4,7-8H2,1-2H3;2*1H/t11-;;/m1../s1. The Morgan fingerprint density at radius 1 is 1.25 bits per heavy atom. The van der Waals surface area contributed by atoms with Crippen molar-refractivity contribution in [3.8, 4) is 0 Å². The first-order chi connectivity index (χ1) is 6.77. The Balaban J connectivity index is 0.00000112. The number of nitrogens with one attached hydrogen (secondary N) is 1. The number of rotatable bonds is 1. The van der Waals surface area contributed by atoms with Gasteiger partial charge in [0.2, 0.25) is 0 Å². The van der Waals surface area contributed by atoms with E-state index in [4.69, 9.17) is 0 Å². The molecule has 0 radical (unpaired) electrons. The Morgan fingerprint density at radius 2 is 2.00 bits per heavy atom. The lowest BCUT2D eigenvalue weighted by Crippen LogP contribution is -2.28. The topological polar surface area (TPSA) is 24.9 Å². The van der Waals surface area contributed by atoms with Crippen molar-refractivity contribution < 1.29 is 0 Å². The molecule has 0 amide bonds. The SMILES string of the molecule is Cc1ccc([C@@H]2CCCNC2)c(C)n1.Cl.Cl. The van der Waals surface area contributed by atoms with Crippen LogP contribution < -0.4 is 5.32 Å². The number of aromatic nitrogens is 1. The Hall–Kier alpha value is -0.310. The monoisotopic (exact) mass is 262 g/mol. The summed E-state index contributed by atoms with van der Waals surface area (Å²) in [6, 6.07) is 4.37. The van der Waals surface area contributed by atoms with E-state index in [9.17, 15) is 0 Å². The van der Waals surface area contributed by atoms with Gasteiger partial charge in [-0.15, -0.1) is 24.8 Å². The fourth-order valence-corrected chi connectivity index (χ4v) is 2.25. The van der Waals surface area contributed by atoms with E-state index >= 15 is 0 Å². The lowest BCUT2D eigenvalue weighted by atomic mass is 9.90. The van der Waals surface area contributed by atoms with Crippen LogP contribution in [0.3, 0.4) is 0 Å². The van der Waals surface area contributed by atoms with Gasteiger partial charge in [0.15, 0.2) is 0 Å². The summed E-state index contributed by atoms with van der Waals surface area (Å²) in [6.45, 7) is 6.47. The van der Waals surface area contributed by atoms with Crippen molar-refractivity contribution in [3.63, 3.8) is 0 Å². The maximum absolute atomic E-state index is 4.52. The van der Waals surface area contributed by atoms with Crippen molar-refractivity contribution in [1.82, 2.24) is 10.3 Å². The summed E-state index contributed by atoms with van der Waals surface area (Å²) in [5.41, 5.74) is 3.76. The highest BCUT2D eigenvalue weighted by Gasteiger charge is 2.17. The van der Waals surface area contributed by atoms with Gasteiger partial charge >= 0.3 is 0 Å². The molecule has 2 rings (SSSR count). The molecule has 4 heteroatoms. The van der Waals surface area contributed by atoms with E-state index in [0.29, 0.717) is 5.92 Å². The van der Waals surface area contributed by atoms with Gasteiger partial charge in [0, 0.05) is 17.9 Å². The maximum Gasteiger partial charge on any atom is 0.0411 e. The Bertz CT molecular complexity index is 323. The molecule has 1 saturated heterocycles. The van der Waals surface area contributed by atoms with Crippen LogP contribution in [0.4, 0.5) is 0 Å². The summed E-state index contributed by atoms with van der Waals surface area (Å²) in [7, 11) is 0. The third-order valence-corrected chi connectivity index (χ3v) is 3.00. The first kappa shape index (κ1) is 15.7. The van der Waals surface area contributed by atoms with Crippen molar-refractivity contribution in [2.45, 2.75) is 32.6 Å². The zero-order valence-electron chi connectivity index (χ0n) is 9.82. The molecule has 0 saturated carbocycles. The summed E-state index contributed by atoms with van der Waals surface area (Å²) < 4.78 is 0. The normalized spacial score (nSPS) is 19.5. The number of aryl methyl sites for hydroxylation is 2. The van der Waals surface area contributed by atoms with Gasteiger partial charge in [0.25, 0.3) is 0 Å². The van der Waals surface area contributed by atoms with E-state index in [0.717, 1.165) is 12.2 Å². The van der Waals surface area contributed by atoms with Crippen molar-refractivity contribution in [3.05, 3.63) is 29.1 Å². The summed E-state index contributed by atoms with van der Waals surface area (Å²) in [6.07, 6.45) is 2.59. The number of pyridine rings is 1. The fraction of sp³-hybridized carbons (Fsp3) is 0.583. The predicted octanol–water partition coefficient (Wildman–Crippen LogP) is 3.01. The molecule has 1 N–H and O–H groups in total. The smallest absolute Gasteiger partial charge is 0.0411 e. The average molecular weight is 263 g/mol. The van der Waals surface area contributed by atoms with E-state index in [1.54, 1.807) is 0 Å². The molecule has 0 spiro atoms. The zero-order chi connectivity index (χ0) is 9.97. The average Bonchev–Trinajstić information content (AvgIpc) is 2.19. The minimum absolute atomic E-state index is 0. The molecule has 1 aliphatic rings. The first-order valence-electron chi connectivity index (χ1n) is 5.42. The van der Waals surface area contributed by atoms with Crippen LogP contribution in [-0.4, -0.2) is 18.1 Å². The molecule has 92 valence electrons. The largest absolute Gasteiger partial charge is 0.316 e. The van der Waals surface area contributed by atoms with Crippen molar-refractivity contribution in [2.75, 3.05) is 13.1 Å². The molecule has 1 aliphatic heterocycles. The van der Waals surface area contributed by atoms with E-state index in [2.05, 4.69) is 36.3 Å². The second kappa shape index (κ2) is 7.10. The first-order valence-corrected chi connectivity index (χ1v) is 5.42. The molecule has 0 aliphatic carbocycles. The van der Waals surface area contributed by atoms with Crippen molar-refractivity contribution in [1.29, 1.82) is 0 Å². The Labute approximate surface area is 110 Å². The van der Waals surface area contributed by atoms with Crippen molar-refractivity contribution >= 4 is 24.8 Å². The molecule has 0 aromatic carbocycles. The second-order valence-electron chi connectivity index (χ2n) is 4.17. The molecule has 0 unspecified atom stereocenters. The van der Waals surface area contributed by atoms with Crippen LogP contribution in [0.5, 0.6) is 0 Å². The second-order valence-corrected chi connectivity index (χ2v) is 4.17. The highest BCUT2D eigenvalue weighted by molar-refractivity contribution is 5.85. The lowest BCUT2D eigenvalue weighted by molar-refractivity contribution is 0.459. The van der Waals surface area contributed by atoms with Crippen molar-refractivity contribution in [2.24, 2.45) is 0 Å². The van der Waals surface area contributed by atoms with Gasteiger partial charge in [-0.2, -0.15) is 0 Å². The van der Waals surface area contributed by atoms with E-state index in [1.807, 2.05) is 0 Å². The van der Waals surface area contributed by atoms with Crippen LogP contribution in [0.15, 0.2) is 12.1 Å². The molecule has 2 heterocycles. The Morgan fingerprint density at radius 3 is 2.56 bits per heavy atom. The quantitative estimate of drug-likeness (QED) is 0.842. The van der Waals surface area contributed by atoms with Gasteiger partial charge in [-0.1, -0.05) is 6.07 Å². The predicted molar refractivity (Wildman–Crippen MR) is 73.1 cm³/mol. The molecular formula is C12H20Cl2N2. The lowest BCUT2D eigenvalue weighted by Gasteiger charge is -2.24. The van der Waals surface area contributed by atoms with Gasteiger partial charge in [0.05, 0.1) is 0 Å². The highest BCUT2D eigenvalue weighted by atomic mass is 35.5. The minimum atomic E-state index is 0. The maximum atomic E-state index is 4.52. The zero-order valence-corrected chi connectivity index (χ0v) is 11.5. The summed E-state index contributed by atoms with van der Waals surface area (Å²) in [4.78, 5) is 4.52. The molecule has 16 heavy (non-hydrogen) atoms. The van der Waals surface area contributed by atoms with Crippen LogP contribution in [0.1, 0.15) is 35.7 Å². The van der Waals surface area contributed by atoms with E-state index < -0.39 is 0 Å². The molecule has 1 aromatic rings. The van der Waals surface area contributed by atoms with Gasteiger partial charge in [0.1, 0.15) is 0 Å². The van der Waals surface area contributed by atoms with Crippen LogP contribution in [0, 0.1) is 13.8 Å². The summed E-state index contributed by atoms with van der Waals surface area (Å²) in [5, 5.41) is 3.45. The van der Waals surface area contributed by atoms with Gasteiger partial charge < -0.3 is 5.32 Å². The van der Waals surface area contributed by atoms with Crippen LogP contribution >= 0.6 is 24.8 Å². The molecule has 1 atom stereocenters. The van der Waals surface area contributed by atoms with Crippen LogP contribution in [0.2, 0.25) is 0 Å². The number of hydrogen-bond acceptors (Lipinski definition) is 2. The van der Waals surface area contributed by atoms with E-state index in [-0.39, 0.29) is 24.8 Å². The molecule has 1 aromatic heterocycles. The van der Waals surface area contributed by atoms with Crippen LogP contribution in [-0.2, 0) is 0 Å². The van der Waals surface area contributed by atoms with E-state index in [1.165, 1.54) is 30.6 Å². The highest BCUT2D eigenvalue weighted by Crippen LogP contribution is 2.24. The molecular weight excluding hydrogens is 243 g/mol. The minimum Gasteiger partial charge on any atom is -0.316 e. The van der Waals surface area contributed by atoms with Gasteiger partial charge in [-0.25, -0.2) is 0 Å². The fourth-order valence-electron chi connectivity index (χ4n) is 2.25. The third kappa shape index (κ3) is 3.62.